The molecule has 1 aromatic carbocycles. The third-order valence-electron chi connectivity index (χ3n) is 2.22. The van der Waals surface area contributed by atoms with Gasteiger partial charge in [-0.05, 0) is 19.8 Å². The predicted molar refractivity (Wildman–Crippen MR) is 71.8 cm³/mol. The molecule has 0 saturated carbocycles. The molecule has 16 heavy (non-hydrogen) atoms. The summed E-state index contributed by atoms with van der Waals surface area (Å²) in [5.41, 5.74) is 1.32. The third kappa shape index (κ3) is 11.3. The van der Waals surface area contributed by atoms with Crippen LogP contribution < -0.4 is 0 Å². The van der Waals surface area contributed by atoms with Crippen molar-refractivity contribution in [3.05, 3.63) is 35.9 Å². The van der Waals surface area contributed by atoms with Gasteiger partial charge in [0.15, 0.2) is 0 Å². The van der Waals surface area contributed by atoms with E-state index in [1.165, 1.54) is 31.2 Å². The van der Waals surface area contributed by atoms with Gasteiger partial charge in [0.05, 0.1) is 0 Å². The van der Waals surface area contributed by atoms with E-state index < -0.39 is 0 Å². The highest BCUT2D eigenvalue weighted by Crippen LogP contribution is 1.92. The van der Waals surface area contributed by atoms with Crippen molar-refractivity contribution in [1.82, 2.24) is 0 Å². The van der Waals surface area contributed by atoms with Crippen molar-refractivity contribution in [2.75, 3.05) is 13.2 Å². The molecule has 1 rings (SSSR count). The summed E-state index contributed by atoms with van der Waals surface area (Å²) in [6.45, 7) is 8.36. The Morgan fingerprint density at radius 3 is 1.69 bits per heavy atom. The number of unbranched alkanes of at least 4 members (excludes halogenated alkanes) is 2. The van der Waals surface area contributed by atoms with Crippen LogP contribution in [0.3, 0.4) is 0 Å². The largest absolute Gasteiger partial charge is 0.381 e. The van der Waals surface area contributed by atoms with E-state index >= 15 is 0 Å². The van der Waals surface area contributed by atoms with Gasteiger partial charge in [0.2, 0.25) is 0 Å². The molecule has 1 aromatic rings. The Labute approximate surface area is 101 Å². The van der Waals surface area contributed by atoms with Crippen LogP contribution in [0.5, 0.6) is 0 Å². The van der Waals surface area contributed by atoms with Gasteiger partial charge < -0.3 is 4.74 Å². The highest BCUT2D eigenvalue weighted by atomic mass is 16.5. The molecule has 0 saturated heterocycles. The van der Waals surface area contributed by atoms with Gasteiger partial charge in [-0.1, -0.05) is 62.6 Å². The lowest BCUT2D eigenvalue weighted by Crippen LogP contribution is -1.95. The first-order valence-corrected chi connectivity index (χ1v) is 6.40. The highest BCUT2D eigenvalue weighted by molar-refractivity contribution is 5.11. The molecule has 0 unspecified atom stereocenters. The lowest BCUT2D eigenvalue weighted by atomic mass is 10.2. The molecule has 0 fully saturated rings. The first-order valence-electron chi connectivity index (χ1n) is 6.40. The monoisotopic (exact) mass is 222 g/mol. The van der Waals surface area contributed by atoms with Crippen LogP contribution in [0.2, 0.25) is 0 Å². The fourth-order valence-electron chi connectivity index (χ4n) is 1.13. The van der Waals surface area contributed by atoms with Gasteiger partial charge in [0, 0.05) is 13.2 Å². The molecule has 92 valence electrons. The summed E-state index contributed by atoms with van der Waals surface area (Å²) in [5.74, 6) is 0. The van der Waals surface area contributed by atoms with E-state index in [-0.39, 0.29) is 0 Å². The standard InChI is InChI=1S/C8H18O.C7H8/c1-3-5-7-9-8-6-4-2;1-7-5-3-2-4-6-7/h3-8H2,1-2H3;2-6H,1H3. The summed E-state index contributed by atoms with van der Waals surface area (Å²) in [5, 5.41) is 0. The van der Waals surface area contributed by atoms with Crippen LogP contribution in [-0.2, 0) is 4.74 Å². The summed E-state index contributed by atoms with van der Waals surface area (Å²) in [4.78, 5) is 0. The fourth-order valence-corrected chi connectivity index (χ4v) is 1.13. The second kappa shape index (κ2) is 12.3. The second-order valence-electron chi connectivity index (χ2n) is 3.97. The highest BCUT2D eigenvalue weighted by Gasteiger charge is 1.84. The molecule has 1 heteroatoms. The molecular weight excluding hydrogens is 196 g/mol. The van der Waals surface area contributed by atoms with E-state index in [9.17, 15) is 0 Å². The van der Waals surface area contributed by atoms with Gasteiger partial charge >= 0.3 is 0 Å². The molecule has 0 spiro atoms. The van der Waals surface area contributed by atoms with Crippen LogP contribution in [-0.4, -0.2) is 13.2 Å². The van der Waals surface area contributed by atoms with Crippen molar-refractivity contribution in [2.45, 2.75) is 46.5 Å². The van der Waals surface area contributed by atoms with Gasteiger partial charge in [-0.3, -0.25) is 0 Å². The van der Waals surface area contributed by atoms with Crippen molar-refractivity contribution in [3.63, 3.8) is 0 Å². The van der Waals surface area contributed by atoms with Gasteiger partial charge in [-0.2, -0.15) is 0 Å². The second-order valence-corrected chi connectivity index (χ2v) is 3.97. The van der Waals surface area contributed by atoms with Crippen LogP contribution in [0, 0.1) is 6.92 Å². The van der Waals surface area contributed by atoms with Crippen LogP contribution >= 0.6 is 0 Å². The fraction of sp³-hybridized carbons (Fsp3) is 0.600. The zero-order valence-corrected chi connectivity index (χ0v) is 11.0. The molecular formula is C15H26O. The van der Waals surface area contributed by atoms with E-state index in [1.807, 2.05) is 18.2 Å². The smallest absolute Gasteiger partial charge is 0.0465 e. The van der Waals surface area contributed by atoms with E-state index in [2.05, 4.69) is 32.9 Å². The van der Waals surface area contributed by atoms with Gasteiger partial charge in [0.25, 0.3) is 0 Å². The zero-order valence-electron chi connectivity index (χ0n) is 11.0. The summed E-state index contributed by atoms with van der Waals surface area (Å²) in [7, 11) is 0. The number of aryl methyl sites for hydroxylation is 1. The number of hydrogen-bond acceptors (Lipinski definition) is 1. The lowest BCUT2D eigenvalue weighted by Gasteiger charge is -1.99. The summed E-state index contributed by atoms with van der Waals surface area (Å²) in [6, 6.07) is 10.3. The summed E-state index contributed by atoms with van der Waals surface area (Å²) < 4.78 is 5.31. The molecule has 0 aliphatic rings. The maximum absolute atomic E-state index is 5.31. The van der Waals surface area contributed by atoms with Crippen LogP contribution in [0.25, 0.3) is 0 Å². The average Bonchev–Trinajstić information content (AvgIpc) is 2.31. The Bertz CT molecular complexity index is 212. The van der Waals surface area contributed by atoms with Gasteiger partial charge in [-0.25, -0.2) is 0 Å². The topological polar surface area (TPSA) is 9.23 Å². The van der Waals surface area contributed by atoms with Gasteiger partial charge in [-0.15, -0.1) is 0 Å². The quantitative estimate of drug-likeness (QED) is 0.639. The number of ether oxygens (including phenoxy) is 1. The normalized spacial score (nSPS) is 9.44. The van der Waals surface area contributed by atoms with E-state index in [0.29, 0.717) is 0 Å². The predicted octanol–water partition coefficient (Wildman–Crippen LogP) is 4.60. The summed E-state index contributed by atoms with van der Waals surface area (Å²) in [6.07, 6.45) is 4.91. The zero-order chi connectivity index (χ0) is 12.1. The molecule has 0 aliphatic heterocycles. The molecule has 0 radical (unpaired) electrons. The van der Waals surface area contributed by atoms with Gasteiger partial charge in [0.1, 0.15) is 0 Å². The van der Waals surface area contributed by atoms with Crippen LogP contribution in [0.1, 0.15) is 45.1 Å². The van der Waals surface area contributed by atoms with Crippen molar-refractivity contribution < 1.29 is 4.74 Å². The molecule has 0 bridgehead atoms. The Morgan fingerprint density at radius 1 is 0.875 bits per heavy atom. The molecule has 0 aromatic heterocycles. The Kier molecular flexibility index (Phi) is 11.6. The lowest BCUT2D eigenvalue weighted by molar-refractivity contribution is 0.128. The van der Waals surface area contributed by atoms with Crippen LogP contribution in [0.15, 0.2) is 30.3 Å². The molecule has 0 amide bonds. The first kappa shape index (κ1) is 15.2. The van der Waals surface area contributed by atoms with E-state index in [4.69, 9.17) is 4.74 Å². The minimum atomic E-state index is 0.955. The Hall–Kier alpha value is -0.820. The first-order chi connectivity index (χ1) is 7.81. The van der Waals surface area contributed by atoms with E-state index in [0.717, 1.165) is 13.2 Å². The number of rotatable bonds is 6. The average molecular weight is 222 g/mol. The Balaban J connectivity index is 0.000000288. The molecule has 0 heterocycles. The third-order valence-corrected chi connectivity index (χ3v) is 2.22. The maximum atomic E-state index is 5.31. The number of benzene rings is 1. The molecule has 0 aliphatic carbocycles. The van der Waals surface area contributed by atoms with Crippen LogP contribution in [0.4, 0.5) is 0 Å². The van der Waals surface area contributed by atoms with Crippen molar-refractivity contribution in [2.24, 2.45) is 0 Å². The number of hydrogen-bond donors (Lipinski definition) is 0. The van der Waals surface area contributed by atoms with Crippen molar-refractivity contribution >= 4 is 0 Å². The minimum Gasteiger partial charge on any atom is -0.381 e. The summed E-state index contributed by atoms with van der Waals surface area (Å²) >= 11 is 0. The molecule has 0 N–H and O–H groups in total. The van der Waals surface area contributed by atoms with Crippen molar-refractivity contribution in [3.8, 4) is 0 Å². The van der Waals surface area contributed by atoms with E-state index in [1.54, 1.807) is 0 Å². The molecule has 0 atom stereocenters. The molecule has 1 nitrogen and oxygen atoms in total. The maximum Gasteiger partial charge on any atom is 0.0465 e. The SMILES string of the molecule is CCCCOCCCC.Cc1ccccc1. The van der Waals surface area contributed by atoms with Crippen molar-refractivity contribution in [1.29, 1.82) is 0 Å². The minimum absolute atomic E-state index is 0.955. The Morgan fingerprint density at radius 2 is 1.38 bits per heavy atom.